The van der Waals surface area contributed by atoms with E-state index >= 15 is 0 Å². The topological polar surface area (TPSA) is 48.4 Å². The van der Waals surface area contributed by atoms with Crippen molar-refractivity contribution in [3.8, 4) is 0 Å². The lowest BCUT2D eigenvalue weighted by Gasteiger charge is -2.31. The van der Waals surface area contributed by atoms with Crippen LogP contribution in [0.2, 0.25) is 0 Å². The summed E-state index contributed by atoms with van der Waals surface area (Å²) >= 11 is 0. The van der Waals surface area contributed by atoms with Crippen molar-refractivity contribution < 1.29 is 14.3 Å². The molecule has 0 bridgehead atoms. The van der Waals surface area contributed by atoms with Gasteiger partial charge in [0.15, 0.2) is 12.1 Å². The van der Waals surface area contributed by atoms with Crippen molar-refractivity contribution in [2.45, 2.75) is 45.0 Å². The van der Waals surface area contributed by atoms with E-state index in [2.05, 4.69) is 4.98 Å². The van der Waals surface area contributed by atoms with Crippen molar-refractivity contribution in [3.63, 3.8) is 0 Å². The summed E-state index contributed by atoms with van der Waals surface area (Å²) in [5.41, 5.74) is -0.316. The second kappa shape index (κ2) is 5.59. The van der Waals surface area contributed by atoms with Gasteiger partial charge in [0.25, 0.3) is 0 Å². The Balaban J connectivity index is 2.03. The molecule has 0 amide bonds. The minimum atomic E-state index is -0.884. The van der Waals surface area contributed by atoms with Crippen molar-refractivity contribution in [1.82, 2.24) is 4.98 Å². The Labute approximate surface area is 107 Å². The summed E-state index contributed by atoms with van der Waals surface area (Å²) in [4.78, 5) is 16.3. The Kier molecular flexibility index (Phi) is 4.09. The maximum absolute atomic E-state index is 12.3. The van der Waals surface area contributed by atoms with Crippen LogP contribution in [-0.2, 0) is 9.47 Å². The minimum Gasteiger partial charge on any atom is -0.353 e. The highest BCUT2D eigenvalue weighted by Crippen LogP contribution is 2.23. The van der Waals surface area contributed by atoms with Gasteiger partial charge >= 0.3 is 0 Å². The van der Waals surface area contributed by atoms with Gasteiger partial charge in [-0.2, -0.15) is 0 Å². The van der Waals surface area contributed by atoms with E-state index in [0.29, 0.717) is 12.2 Å². The van der Waals surface area contributed by atoms with E-state index in [9.17, 15) is 4.79 Å². The molecular formula is C14H19NO3. The predicted octanol–water partition coefficient (Wildman–Crippen LogP) is 2.59. The third-order valence-electron chi connectivity index (χ3n) is 3.03. The lowest BCUT2D eigenvalue weighted by atomic mass is 9.97. The fourth-order valence-electron chi connectivity index (χ4n) is 2.03. The average molecular weight is 249 g/mol. The number of hydrogen-bond acceptors (Lipinski definition) is 4. The molecular weight excluding hydrogens is 230 g/mol. The number of Topliss-reactive ketones (excluding diaryl/α,β-unsaturated/α-hetero) is 1. The SMILES string of the molecule is CC(C)(OC1CCCCO1)C(=O)c1cccnc1. The minimum absolute atomic E-state index is 0.0650. The van der Waals surface area contributed by atoms with Crippen LogP contribution >= 0.6 is 0 Å². The van der Waals surface area contributed by atoms with Gasteiger partial charge in [-0.15, -0.1) is 0 Å². The Hall–Kier alpha value is -1.26. The van der Waals surface area contributed by atoms with Crippen molar-refractivity contribution >= 4 is 5.78 Å². The van der Waals surface area contributed by atoms with Crippen LogP contribution in [-0.4, -0.2) is 29.3 Å². The first-order valence-electron chi connectivity index (χ1n) is 6.34. The standard InChI is InChI=1S/C14H19NO3/c1-14(2,18-12-7-3-4-9-17-12)13(16)11-6-5-8-15-10-11/h5-6,8,10,12H,3-4,7,9H2,1-2H3. The molecule has 1 atom stereocenters. The average Bonchev–Trinajstić information content (AvgIpc) is 2.39. The molecule has 1 fully saturated rings. The van der Waals surface area contributed by atoms with Crippen LogP contribution < -0.4 is 0 Å². The fraction of sp³-hybridized carbons (Fsp3) is 0.571. The van der Waals surface area contributed by atoms with Gasteiger partial charge in [-0.1, -0.05) is 0 Å². The molecule has 2 rings (SSSR count). The van der Waals surface area contributed by atoms with Gasteiger partial charge in [0.1, 0.15) is 5.60 Å². The number of aromatic nitrogens is 1. The third-order valence-corrected chi connectivity index (χ3v) is 3.03. The van der Waals surface area contributed by atoms with E-state index in [4.69, 9.17) is 9.47 Å². The number of ether oxygens (including phenoxy) is 2. The molecule has 0 spiro atoms. The second-order valence-electron chi connectivity index (χ2n) is 5.00. The van der Waals surface area contributed by atoms with Crippen LogP contribution in [0.5, 0.6) is 0 Å². The molecule has 1 aliphatic heterocycles. The summed E-state index contributed by atoms with van der Waals surface area (Å²) in [6, 6.07) is 3.50. The Morgan fingerprint density at radius 1 is 1.50 bits per heavy atom. The maximum Gasteiger partial charge on any atom is 0.195 e. The van der Waals surface area contributed by atoms with Crippen molar-refractivity contribution in [2.24, 2.45) is 0 Å². The molecule has 0 N–H and O–H groups in total. The Bertz CT molecular complexity index is 397. The molecule has 1 aromatic rings. The molecule has 0 aliphatic carbocycles. The lowest BCUT2D eigenvalue weighted by Crippen LogP contribution is -2.40. The zero-order valence-electron chi connectivity index (χ0n) is 10.9. The maximum atomic E-state index is 12.3. The Morgan fingerprint density at radius 2 is 2.33 bits per heavy atom. The summed E-state index contributed by atoms with van der Waals surface area (Å²) in [6.45, 7) is 4.27. The molecule has 0 saturated carbocycles. The molecule has 4 nitrogen and oxygen atoms in total. The van der Waals surface area contributed by atoms with E-state index in [0.717, 1.165) is 19.3 Å². The largest absolute Gasteiger partial charge is 0.353 e. The van der Waals surface area contributed by atoms with Crippen molar-refractivity contribution in [2.75, 3.05) is 6.61 Å². The zero-order chi connectivity index (χ0) is 13.0. The summed E-state index contributed by atoms with van der Waals surface area (Å²) in [5, 5.41) is 0. The molecule has 98 valence electrons. The van der Waals surface area contributed by atoms with Gasteiger partial charge in [0.2, 0.25) is 0 Å². The first kappa shape index (κ1) is 13.2. The van der Waals surface area contributed by atoms with Gasteiger partial charge in [0.05, 0.1) is 0 Å². The van der Waals surface area contributed by atoms with Gasteiger partial charge in [-0.25, -0.2) is 0 Å². The van der Waals surface area contributed by atoms with E-state index in [1.54, 1.807) is 38.4 Å². The summed E-state index contributed by atoms with van der Waals surface area (Å²) in [5.74, 6) is -0.0650. The number of nitrogens with zero attached hydrogens (tertiary/aromatic N) is 1. The number of carbonyl (C=O) groups is 1. The lowest BCUT2D eigenvalue weighted by molar-refractivity contribution is -0.200. The van der Waals surface area contributed by atoms with Crippen LogP contribution in [0.4, 0.5) is 0 Å². The third kappa shape index (κ3) is 3.15. The quantitative estimate of drug-likeness (QED) is 0.769. The predicted molar refractivity (Wildman–Crippen MR) is 67.3 cm³/mol. The molecule has 1 saturated heterocycles. The van der Waals surface area contributed by atoms with Crippen LogP contribution in [0.3, 0.4) is 0 Å². The van der Waals surface area contributed by atoms with Crippen LogP contribution in [0.25, 0.3) is 0 Å². The monoisotopic (exact) mass is 249 g/mol. The first-order chi connectivity index (χ1) is 8.59. The fourth-order valence-corrected chi connectivity index (χ4v) is 2.03. The van der Waals surface area contributed by atoms with Gasteiger partial charge in [-0.05, 0) is 45.2 Å². The molecule has 1 unspecified atom stereocenters. The highest BCUT2D eigenvalue weighted by Gasteiger charge is 2.33. The van der Waals surface area contributed by atoms with Crippen molar-refractivity contribution in [1.29, 1.82) is 0 Å². The van der Waals surface area contributed by atoms with Crippen LogP contribution in [0, 0.1) is 0 Å². The van der Waals surface area contributed by atoms with Crippen LogP contribution in [0.1, 0.15) is 43.5 Å². The summed E-state index contributed by atoms with van der Waals surface area (Å²) < 4.78 is 11.3. The normalized spacial score (nSPS) is 20.7. The summed E-state index contributed by atoms with van der Waals surface area (Å²) in [6.07, 6.45) is 5.95. The molecule has 0 aromatic carbocycles. The van der Waals surface area contributed by atoms with Crippen LogP contribution in [0.15, 0.2) is 24.5 Å². The number of carbonyl (C=O) groups excluding carboxylic acids is 1. The van der Waals surface area contributed by atoms with E-state index in [1.165, 1.54) is 0 Å². The number of pyridine rings is 1. The van der Waals surface area contributed by atoms with Gasteiger partial charge < -0.3 is 9.47 Å². The molecule has 4 heteroatoms. The van der Waals surface area contributed by atoms with E-state index < -0.39 is 5.60 Å². The van der Waals surface area contributed by atoms with Crippen molar-refractivity contribution in [3.05, 3.63) is 30.1 Å². The van der Waals surface area contributed by atoms with Gasteiger partial charge in [-0.3, -0.25) is 9.78 Å². The first-order valence-corrected chi connectivity index (χ1v) is 6.34. The van der Waals surface area contributed by atoms with E-state index in [-0.39, 0.29) is 12.1 Å². The molecule has 0 radical (unpaired) electrons. The smallest absolute Gasteiger partial charge is 0.195 e. The number of hydrogen-bond donors (Lipinski definition) is 0. The molecule has 18 heavy (non-hydrogen) atoms. The highest BCUT2D eigenvalue weighted by molar-refractivity contribution is 6.01. The summed E-state index contributed by atoms with van der Waals surface area (Å²) in [7, 11) is 0. The molecule has 2 heterocycles. The second-order valence-corrected chi connectivity index (χ2v) is 5.00. The van der Waals surface area contributed by atoms with Gasteiger partial charge in [0, 0.05) is 24.6 Å². The Morgan fingerprint density at radius 3 is 2.94 bits per heavy atom. The molecule has 1 aromatic heterocycles. The highest BCUT2D eigenvalue weighted by atomic mass is 16.7. The number of ketones is 1. The van der Waals surface area contributed by atoms with E-state index in [1.807, 2.05) is 0 Å². The molecule has 1 aliphatic rings. The zero-order valence-corrected chi connectivity index (χ0v) is 10.9. The number of rotatable bonds is 4.